The van der Waals surface area contributed by atoms with Crippen LogP contribution in [0.2, 0.25) is 0 Å². The van der Waals surface area contributed by atoms with Gasteiger partial charge in [-0.3, -0.25) is 4.79 Å². The first-order valence-corrected chi connectivity index (χ1v) is 4.72. The molecule has 0 aliphatic heterocycles. The highest BCUT2D eigenvalue weighted by Gasteiger charge is 2.13. The zero-order chi connectivity index (χ0) is 9.72. The number of primary amides is 1. The summed E-state index contributed by atoms with van der Waals surface area (Å²) in [4.78, 5) is 10.7. The van der Waals surface area contributed by atoms with Crippen molar-refractivity contribution in [2.45, 2.75) is 40.5 Å². The van der Waals surface area contributed by atoms with E-state index in [-0.39, 0.29) is 11.8 Å². The van der Waals surface area contributed by atoms with E-state index in [4.69, 9.17) is 5.73 Å². The molecule has 0 saturated heterocycles. The van der Waals surface area contributed by atoms with Crippen LogP contribution < -0.4 is 5.73 Å². The molecule has 0 spiro atoms. The molecule has 0 rings (SSSR count). The lowest BCUT2D eigenvalue weighted by molar-refractivity contribution is -0.121. The SMILES string of the molecule is CC(C)CC(C)CC(C)C(N)=O. The van der Waals surface area contributed by atoms with Crippen molar-refractivity contribution in [3.8, 4) is 0 Å². The van der Waals surface area contributed by atoms with Crippen LogP contribution in [0, 0.1) is 17.8 Å². The lowest BCUT2D eigenvalue weighted by Crippen LogP contribution is -2.22. The van der Waals surface area contributed by atoms with E-state index < -0.39 is 0 Å². The van der Waals surface area contributed by atoms with Crippen molar-refractivity contribution in [1.82, 2.24) is 0 Å². The minimum absolute atomic E-state index is 0.0266. The number of hydrogen-bond acceptors (Lipinski definition) is 1. The predicted molar refractivity (Wildman–Crippen MR) is 51.6 cm³/mol. The number of hydrogen-bond donors (Lipinski definition) is 1. The molecule has 0 aliphatic rings. The van der Waals surface area contributed by atoms with Crippen LogP contribution in [0.25, 0.3) is 0 Å². The molecule has 0 heterocycles. The van der Waals surface area contributed by atoms with Crippen molar-refractivity contribution in [1.29, 1.82) is 0 Å². The second kappa shape index (κ2) is 5.18. The highest BCUT2D eigenvalue weighted by molar-refractivity contribution is 5.76. The highest BCUT2D eigenvalue weighted by Crippen LogP contribution is 2.18. The first-order chi connectivity index (χ1) is 5.43. The molecule has 1 amide bonds. The summed E-state index contributed by atoms with van der Waals surface area (Å²) in [6.07, 6.45) is 2.10. The fourth-order valence-electron chi connectivity index (χ4n) is 1.62. The van der Waals surface area contributed by atoms with E-state index in [0.29, 0.717) is 11.8 Å². The van der Waals surface area contributed by atoms with E-state index in [1.54, 1.807) is 0 Å². The molecule has 0 saturated carbocycles. The summed E-state index contributed by atoms with van der Waals surface area (Å²) >= 11 is 0. The van der Waals surface area contributed by atoms with Gasteiger partial charge in [-0.1, -0.05) is 27.7 Å². The summed E-state index contributed by atoms with van der Waals surface area (Å²) in [5, 5.41) is 0. The largest absolute Gasteiger partial charge is 0.369 e. The Morgan fingerprint density at radius 1 is 1.17 bits per heavy atom. The summed E-state index contributed by atoms with van der Waals surface area (Å²) in [7, 11) is 0. The van der Waals surface area contributed by atoms with Crippen LogP contribution in [0.1, 0.15) is 40.5 Å². The van der Waals surface area contributed by atoms with Crippen molar-refractivity contribution in [2.75, 3.05) is 0 Å². The van der Waals surface area contributed by atoms with Crippen molar-refractivity contribution in [3.05, 3.63) is 0 Å². The second-order valence-electron chi connectivity index (χ2n) is 4.27. The van der Waals surface area contributed by atoms with Crippen molar-refractivity contribution in [2.24, 2.45) is 23.5 Å². The maximum atomic E-state index is 10.7. The van der Waals surface area contributed by atoms with Gasteiger partial charge in [-0.05, 0) is 24.7 Å². The van der Waals surface area contributed by atoms with E-state index in [1.165, 1.54) is 6.42 Å². The van der Waals surface area contributed by atoms with Gasteiger partial charge in [0, 0.05) is 5.92 Å². The summed E-state index contributed by atoms with van der Waals surface area (Å²) in [6.45, 7) is 8.48. The number of carbonyl (C=O) groups is 1. The summed E-state index contributed by atoms with van der Waals surface area (Å²) < 4.78 is 0. The van der Waals surface area contributed by atoms with Crippen LogP contribution in [-0.4, -0.2) is 5.91 Å². The Morgan fingerprint density at radius 2 is 1.67 bits per heavy atom. The van der Waals surface area contributed by atoms with Crippen LogP contribution >= 0.6 is 0 Å². The number of rotatable bonds is 5. The molecule has 2 heteroatoms. The third kappa shape index (κ3) is 5.16. The minimum Gasteiger partial charge on any atom is -0.369 e. The average molecular weight is 171 g/mol. The van der Waals surface area contributed by atoms with E-state index in [1.807, 2.05) is 6.92 Å². The van der Waals surface area contributed by atoms with Crippen LogP contribution in [0.5, 0.6) is 0 Å². The third-order valence-electron chi connectivity index (χ3n) is 2.12. The van der Waals surface area contributed by atoms with E-state index in [0.717, 1.165) is 6.42 Å². The van der Waals surface area contributed by atoms with Gasteiger partial charge in [-0.2, -0.15) is 0 Å². The van der Waals surface area contributed by atoms with Crippen LogP contribution in [0.3, 0.4) is 0 Å². The van der Waals surface area contributed by atoms with Crippen molar-refractivity contribution < 1.29 is 4.79 Å². The van der Waals surface area contributed by atoms with Gasteiger partial charge in [0.25, 0.3) is 0 Å². The van der Waals surface area contributed by atoms with E-state index in [9.17, 15) is 4.79 Å². The topological polar surface area (TPSA) is 43.1 Å². The summed E-state index contributed by atoms with van der Waals surface area (Å²) in [5.74, 6) is 1.16. The molecule has 2 unspecified atom stereocenters. The van der Waals surface area contributed by atoms with Crippen molar-refractivity contribution >= 4 is 5.91 Å². The third-order valence-corrected chi connectivity index (χ3v) is 2.12. The highest BCUT2D eigenvalue weighted by atomic mass is 16.1. The Kier molecular flexibility index (Phi) is 4.95. The Balaban J connectivity index is 3.68. The first-order valence-electron chi connectivity index (χ1n) is 4.72. The second-order valence-corrected chi connectivity index (χ2v) is 4.27. The van der Waals surface area contributed by atoms with Gasteiger partial charge in [-0.25, -0.2) is 0 Å². The molecule has 0 radical (unpaired) electrons. The molecule has 0 aromatic heterocycles. The molecular weight excluding hydrogens is 150 g/mol. The maximum Gasteiger partial charge on any atom is 0.220 e. The first kappa shape index (κ1) is 11.5. The molecule has 2 nitrogen and oxygen atoms in total. The van der Waals surface area contributed by atoms with Gasteiger partial charge >= 0.3 is 0 Å². The Bertz CT molecular complexity index is 143. The van der Waals surface area contributed by atoms with Gasteiger partial charge in [-0.15, -0.1) is 0 Å². The Labute approximate surface area is 75.5 Å². The van der Waals surface area contributed by atoms with Crippen molar-refractivity contribution in [3.63, 3.8) is 0 Å². The fraction of sp³-hybridized carbons (Fsp3) is 0.900. The number of amides is 1. The molecule has 2 N–H and O–H groups in total. The smallest absolute Gasteiger partial charge is 0.220 e. The zero-order valence-electron chi connectivity index (χ0n) is 8.63. The van der Waals surface area contributed by atoms with Gasteiger partial charge in [0.2, 0.25) is 5.91 Å². The molecule has 0 bridgehead atoms. The molecule has 72 valence electrons. The molecule has 0 aromatic carbocycles. The molecule has 12 heavy (non-hydrogen) atoms. The monoisotopic (exact) mass is 171 g/mol. The van der Waals surface area contributed by atoms with Crippen LogP contribution in [-0.2, 0) is 4.79 Å². The maximum absolute atomic E-state index is 10.7. The summed E-state index contributed by atoms with van der Waals surface area (Å²) in [5.41, 5.74) is 5.18. The summed E-state index contributed by atoms with van der Waals surface area (Å²) in [6, 6.07) is 0. The molecule has 0 aliphatic carbocycles. The molecular formula is C10H21NO. The van der Waals surface area contributed by atoms with Gasteiger partial charge < -0.3 is 5.73 Å². The Morgan fingerprint density at radius 3 is 2.00 bits per heavy atom. The predicted octanol–water partition coefficient (Wildman–Crippen LogP) is 2.18. The molecule has 0 aromatic rings. The number of carbonyl (C=O) groups excluding carboxylic acids is 1. The molecule has 0 fully saturated rings. The lowest BCUT2D eigenvalue weighted by atomic mass is 9.90. The minimum atomic E-state index is -0.175. The van der Waals surface area contributed by atoms with Crippen LogP contribution in [0.15, 0.2) is 0 Å². The fourth-order valence-corrected chi connectivity index (χ4v) is 1.62. The van der Waals surface area contributed by atoms with Crippen LogP contribution in [0.4, 0.5) is 0 Å². The average Bonchev–Trinajstić information content (AvgIpc) is 1.84. The van der Waals surface area contributed by atoms with Gasteiger partial charge in [0.05, 0.1) is 0 Å². The standard InChI is InChI=1S/C10H21NO/c1-7(2)5-8(3)6-9(4)10(11)12/h7-9H,5-6H2,1-4H3,(H2,11,12). The normalized spacial score (nSPS) is 16.1. The van der Waals surface area contributed by atoms with E-state index in [2.05, 4.69) is 20.8 Å². The van der Waals surface area contributed by atoms with E-state index >= 15 is 0 Å². The number of nitrogens with two attached hydrogens (primary N) is 1. The lowest BCUT2D eigenvalue weighted by Gasteiger charge is -2.16. The quantitative estimate of drug-likeness (QED) is 0.677. The van der Waals surface area contributed by atoms with Gasteiger partial charge in [0.15, 0.2) is 0 Å². The zero-order valence-corrected chi connectivity index (χ0v) is 8.63. The van der Waals surface area contributed by atoms with Gasteiger partial charge in [0.1, 0.15) is 0 Å². The Hall–Kier alpha value is -0.530. The molecule has 2 atom stereocenters.